The number of nitrogens with zero attached hydrogens (tertiary/aromatic N) is 2. The predicted molar refractivity (Wildman–Crippen MR) is 122 cm³/mol. The Morgan fingerprint density at radius 3 is 2.28 bits per heavy atom. The van der Waals surface area contributed by atoms with Crippen LogP contribution in [0.3, 0.4) is 0 Å². The van der Waals surface area contributed by atoms with E-state index in [1.54, 1.807) is 4.68 Å². The standard InChI is InChI=1S/C26H24N2O4/c1-17-8-12-19(13-9-17)24(29)23-21-6-4-5-7-22(21)28(27-23)20-14-10-18(11-15-20)16-32-26(2,3)25(30)31/h4-15H,16H2,1-3H3,(H,30,31). The van der Waals surface area contributed by atoms with Crippen molar-refractivity contribution >= 4 is 22.7 Å². The van der Waals surface area contributed by atoms with Crippen LogP contribution in [0.2, 0.25) is 0 Å². The number of hydrogen-bond acceptors (Lipinski definition) is 4. The van der Waals surface area contributed by atoms with Gasteiger partial charge in [-0.3, -0.25) is 4.79 Å². The number of carboxylic acids is 1. The summed E-state index contributed by atoms with van der Waals surface area (Å²) in [5.74, 6) is -1.14. The number of aromatic nitrogens is 2. The van der Waals surface area contributed by atoms with Gasteiger partial charge in [0.15, 0.2) is 5.60 Å². The second-order valence-corrected chi connectivity index (χ2v) is 8.24. The van der Waals surface area contributed by atoms with Gasteiger partial charge in [-0.2, -0.15) is 5.10 Å². The van der Waals surface area contributed by atoms with Crippen LogP contribution in [0.5, 0.6) is 0 Å². The van der Waals surface area contributed by atoms with Crippen molar-refractivity contribution in [1.82, 2.24) is 9.78 Å². The maximum absolute atomic E-state index is 13.2. The van der Waals surface area contributed by atoms with E-state index in [0.29, 0.717) is 11.3 Å². The number of hydrogen-bond donors (Lipinski definition) is 1. The van der Waals surface area contributed by atoms with Gasteiger partial charge in [0, 0.05) is 10.9 Å². The molecule has 0 amide bonds. The van der Waals surface area contributed by atoms with Gasteiger partial charge >= 0.3 is 5.97 Å². The Bertz CT molecular complexity index is 1290. The first-order chi connectivity index (χ1) is 15.3. The normalized spacial score (nSPS) is 11.6. The van der Waals surface area contributed by atoms with Crippen molar-refractivity contribution in [2.75, 3.05) is 0 Å². The fraction of sp³-hybridized carbons (Fsp3) is 0.192. The van der Waals surface area contributed by atoms with E-state index in [-0.39, 0.29) is 12.4 Å². The van der Waals surface area contributed by atoms with Gasteiger partial charge in [-0.25, -0.2) is 9.48 Å². The summed E-state index contributed by atoms with van der Waals surface area (Å²) in [5.41, 5.74) is 3.30. The molecular formula is C26H24N2O4. The van der Waals surface area contributed by atoms with E-state index >= 15 is 0 Å². The van der Waals surface area contributed by atoms with Gasteiger partial charge in [0.25, 0.3) is 0 Å². The summed E-state index contributed by atoms with van der Waals surface area (Å²) in [7, 11) is 0. The SMILES string of the molecule is Cc1ccc(C(=O)c2nn(-c3ccc(COC(C)(C)C(=O)O)cc3)c3ccccc23)cc1. The summed E-state index contributed by atoms with van der Waals surface area (Å²) < 4.78 is 7.27. The number of carbonyl (C=O) groups is 2. The monoisotopic (exact) mass is 428 g/mol. The van der Waals surface area contributed by atoms with Crippen molar-refractivity contribution in [2.45, 2.75) is 33.0 Å². The van der Waals surface area contributed by atoms with Crippen LogP contribution >= 0.6 is 0 Å². The fourth-order valence-electron chi connectivity index (χ4n) is 3.33. The molecule has 0 aliphatic heterocycles. The first-order valence-corrected chi connectivity index (χ1v) is 10.3. The zero-order valence-corrected chi connectivity index (χ0v) is 18.2. The van der Waals surface area contributed by atoms with Gasteiger partial charge in [-0.1, -0.05) is 60.2 Å². The number of fused-ring (bicyclic) bond motifs is 1. The molecule has 0 saturated heterocycles. The van der Waals surface area contributed by atoms with Gasteiger partial charge in [-0.05, 0) is 44.5 Å². The molecular weight excluding hydrogens is 404 g/mol. The summed E-state index contributed by atoms with van der Waals surface area (Å²) >= 11 is 0. The molecule has 0 aliphatic rings. The third-order valence-corrected chi connectivity index (χ3v) is 5.41. The third kappa shape index (κ3) is 4.18. The van der Waals surface area contributed by atoms with Crippen LogP contribution in [0.15, 0.2) is 72.8 Å². The second kappa shape index (κ2) is 8.40. The zero-order chi connectivity index (χ0) is 22.9. The Labute approximate surface area is 186 Å². The summed E-state index contributed by atoms with van der Waals surface area (Å²) in [4.78, 5) is 24.4. The van der Waals surface area contributed by atoms with Gasteiger partial charge in [0.1, 0.15) is 5.69 Å². The smallest absolute Gasteiger partial charge is 0.335 e. The first-order valence-electron chi connectivity index (χ1n) is 10.3. The molecule has 1 heterocycles. The van der Waals surface area contributed by atoms with Crippen LogP contribution in [0.25, 0.3) is 16.6 Å². The lowest BCUT2D eigenvalue weighted by molar-refractivity contribution is -0.162. The van der Waals surface area contributed by atoms with Crippen LogP contribution < -0.4 is 0 Å². The van der Waals surface area contributed by atoms with Crippen molar-refractivity contribution in [3.63, 3.8) is 0 Å². The van der Waals surface area contributed by atoms with E-state index in [2.05, 4.69) is 5.10 Å². The number of ketones is 1. The van der Waals surface area contributed by atoms with E-state index in [1.165, 1.54) is 13.8 Å². The molecule has 0 spiro atoms. The number of para-hydroxylation sites is 1. The number of aryl methyl sites for hydroxylation is 1. The highest BCUT2D eigenvalue weighted by molar-refractivity contribution is 6.15. The molecule has 32 heavy (non-hydrogen) atoms. The molecule has 0 saturated carbocycles. The van der Waals surface area contributed by atoms with Crippen LogP contribution in [0, 0.1) is 6.92 Å². The lowest BCUT2D eigenvalue weighted by Crippen LogP contribution is -2.34. The second-order valence-electron chi connectivity index (χ2n) is 8.24. The Kier molecular flexibility index (Phi) is 5.63. The molecule has 1 aromatic heterocycles. The van der Waals surface area contributed by atoms with Crippen LogP contribution in [0.4, 0.5) is 0 Å². The van der Waals surface area contributed by atoms with Gasteiger partial charge in [-0.15, -0.1) is 0 Å². The fourth-order valence-corrected chi connectivity index (χ4v) is 3.33. The molecule has 6 nitrogen and oxygen atoms in total. The lowest BCUT2D eigenvalue weighted by atomic mass is 10.0. The minimum atomic E-state index is -1.26. The molecule has 6 heteroatoms. The number of benzene rings is 3. The molecule has 1 N–H and O–H groups in total. The van der Waals surface area contributed by atoms with E-state index in [4.69, 9.17) is 4.74 Å². The van der Waals surface area contributed by atoms with Crippen molar-refractivity contribution in [1.29, 1.82) is 0 Å². The van der Waals surface area contributed by atoms with Crippen molar-refractivity contribution < 1.29 is 19.4 Å². The summed E-state index contributed by atoms with van der Waals surface area (Å²) in [6, 6.07) is 22.6. The highest BCUT2D eigenvalue weighted by Crippen LogP contribution is 2.25. The van der Waals surface area contributed by atoms with Gasteiger partial charge in [0.05, 0.1) is 17.8 Å². The average Bonchev–Trinajstić information content (AvgIpc) is 3.18. The molecule has 3 aromatic carbocycles. The predicted octanol–water partition coefficient (Wildman–Crippen LogP) is 4.94. The van der Waals surface area contributed by atoms with Crippen molar-refractivity contribution in [3.05, 3.63) is 95.2 Å². The topological polar surface area (TPSA) is 81.4 Å². The minimum absolute atomic E-state index is 0.124. The molecule has 4 aromatic rings. The molecule has 0 atom stereocenters. The molecule has 162 valence electrons. The highest BCUT2D eigenvalue weighted by atomic mass is 16.5. The molecule has 0 bridgehead atoms. The number of rotatable bonds is 7. The number of carbonyl (C=O) groups excluding carboxylic acids is 1. The maximum Gasteiger partial charge on any atom is 0.335 e. The van der Waals surface area contributed by atoms with Gasteiger partial charge in [0.2, 0.25) is 5.78 Å². The zero-order valence-electron chi connectivity index (χ0n) is 18.2. The summed E-state index contributed by atoms with van der Waals surface area (Å²) in [6.07, 6.45) is 0. The number of carboxylic acid groups (broad SMARTS) is 1. The molecule has 0 aliphatic carbocycles. The van der Waals surface area contributed by atoms with Crippen molar-refractivity contribution in [3.8, 4) is 5.69 Å². The first kappa shape index (κ1) is 21.5. The molecule has 0 radical (unpaired) electrons. The van der Waals surface area contributed by atoms with Crippen molar-refractivity contribution in [2.24, 2.45) is 0 Å². The van der Waals surface area contributed by atoms with Gasteiger partial charge < -0.3 is 9.84 Å². The number of aliphatic carboxylic acids is 1. The van der Waals surface area contributed by atoms with E-state index in [0.717, 1.165) is 27.7 Å². The Balaban J connectivity index is 1.66. The molecule has 0 unspecified atom stereocenters. The molecule has 4 rings (SSSR count). The average molecular weight is 428 g/mol. The quantitative estimate of drug-likeness (QED) is 0.422. The minimum Gasteiger partial charge on any atom is -0.479 e. The van der Waals surface area contributed by atoms with E-state index in [1.807, 2.05) is 79.7 Å². The van der Waals surface area contributed by atoms with Crippen LogP contribution in [0.1, 0.15) is 41.0 Å². The summed E-state index contributed by atoms with van der Waals surface area (Å²) in [6.45, 7) is 5.20. The Hall–Kier alpha value is -3.77. The summed E-state index contributed by atoms with van der Waals surface area (Å²) in [5, 5.41) is 14.6. The molecule has 0 fully saturated rings. The third-order valence-electron chi connectivity index (χ3n) is 5.41. The van der Waals surface area contributed by atoms with Crippen LogP contribution in [-0.2, 0) is 16.1 Å². The lowest BCUT2D eigenvalue weighted by Gasteiger charge is -2.20. The Morgan fingerprint density at radius 1 is 0.969 bits per heavy atom. The largest absolute Gasteiger partial charge is 0.479 e. The highest BCUT2D eigenvalue weighted by Gasteiger charge is 2.27. The van der Waals surface area contributed by atoms with E-state index < -0.39 is 11.6 Å². The van der Waals surface area contributed by atoms with E-state index in [9.17, 15) is 14.7 Å². The maximum atomic E-state index is 13.2. The van der Waals surface area contributed by atoms with Crippen LogP contribution in [-0.4, -0.2) is 32.2 Å². The number of ether oxygens (including phenoxy) is 1. The Morgan fingerprint density at radius 2 is 1.62 bits per heavy atom.